The normalized spacial score (nSPS) is 21.6. The third-order valence-corrected chi connectivity index (χ3v) is 1.96. The van der Waals surface area contributed by atoms with Gasteiger partial charge in [0.2, 0.25) is 0 Å². The van der Waals surface area contributed by atoms with Gasteiger partial charge in [0.25, 0.3) is 0 Å². The Morgan fingerprint density at radius 2 is 2.27 bits per heavy atom. The molecule has 3 nitrogen and oxygen atoms in total. The highest BCUT2D eigenvalue weighted by molar-refractivity contribution is 6.38. The van der Waals surface area contributed by atoms with Gasteiger partial charge in [-0.2, -0.15) is 0 Å². The molecule has 0 saturated heterocycles. The first kappa shape index (κ1) is 7.00. The second-order valence-electron chi connectivity index (χ2n) is 2.18. The predicted molar refractivity (Wildman–Crippen MR) is 45.4 cm³/mol. The summed E-state index contributed by atoms with van der Waals surface area (Å²) in [5.74, 6) is 0. The topological polar surface area (TPSA) is 36.4 Å². The van der Waals surface area contributed by atoms with Crippen LogP contribution in [0, 0.1) is 0 Å². The van der Waals surface area contributed by atoms with Gasteiger partial charge in [-0.3, -0.25) is 4.99 Å². The number of halogens is 2. The molecule has 2 aliphatic heterocycles. The van der Waals surface area contributed by atoms with Crippen molar-refractivity contribution in [2.24, 2.45) is 4.99 Å². The zero-order valence-corrected chi connectivity index (χ0v) is 7.00. The van der Waals surface area contributed by atoms with Crippen LogP contribution >= 0.6 is 23.2 Å². The van der Waals surface area contributed by atoms with Crippen molar-refractivity contribution in [3.63, 3.8) is 0 Å². The van der Waals surface area contributed by atoms with Gasteiger partial charge in [-0.1, -0.05) is 23.2 Å². The van der Waals surface area contributed by atoms with E-state index in [4.69, 9.17) is 23.2 Å². The summed E-state index contributed by atoms with van der Waals surface area (Å²) in [6.45, 7) is 0.573. The van der Waals surface area contributed by atoms with Crippen molar-refractivity contribution in [2.75, 3.05) is 6.67 Å². The first-order valence-corrected chi connectivity index (χ1v) is 3.85. The minimum absolute atomic E-state index is 0.501. The van der Waals surface area contributed by atoms with E-state index in [2.05, 4.69) is 15.6 Å². The van der Waals surface area contributed by atoms with Gasteiger partial charge >= 0.3 is 0 Å². The average molecular weight is 190 g/mol. The summed E-state index contributed by atoms with van der Waals surface area (Å²) in [5.41, 5.74) is 1.65. The van der Waals surface area contributed by atoms with Crippen LogP contribution in [0.5, 0.6) is 0 Å². The molecule has 2 aliphatic rings. The maximum Gasteiger partial charge on any atom is 0.133 e. The van der Waals surface area contributed by atoms with E-state index in [-0.39, 0.29) is 0 Å². The fourth-order valence-corrected chi connectivity index (χ4v) is 1.52. The Hall–Kier alpha value is -0.670. The summed E-state index contributed by atoms with van der Waals surface area (Å²) in [4.78, 5) is 4.12. The molecule has 0 unspecified atom stereocenters. The molecule has 0 bridgehead atoms. The zero-order chi connectivity index (χ0) is 7.84. The molecule has 2 N–H and O–H groups in total. The summed E-state index contributed by atoms with van der Waals surface area (Å²) < 4.78 is 0. The Labute approximate surface area is 73.8 Å². The molecule has 0 radical (unpaired) electrons. The average Bonchev–Trinajstić information content (AvgIpc) is 2.34. The van der Waals surface area contributed by atoms with Crippen molar-refractivity contribution in [1.82, 2.24) is 10.6 Å². The van der Waals surface area contributed by atoms with Gasteiger partial charge in [0.15, 0.2) is 0 Å². The van der Waals surface area contributed by atoms with E-state index in [9.17, 15) is 0 Å². The molecule has 0 saturated carbocycles. The van der Waals surface area contributed by atoms with Crippen molar-refractivity contribution in [2.45, 2.75) is 0 Å². The molecule has 0 aromatic rings. The van der Waals surface area contributed by atoms with E-state index >= 15 is 0 Å². The Balaban J connectivity index is 2.43. The fraction of sp³-hybridized carbons (Fsp3) is 0.167. The quantitative estimate of drug-likeness (QED) is 0.560. The largest absolute Gasteiger partial charge is 0.362 e. The van der Waals surface area contributed by atoms with Crippen molar-refractivity contribution in [3.05, 3.63) is 22.1 Å². The zero-order valence-electron chi connectivity index (χ0n) is 5.49. The molecular weight excluding hydrogens is 185 g/mol. The lowest BCUT2D eigenvalue weighted by Crippen LogP contribution is -2.22. The summed E-state index contributed by atoms with van der Waals surface area (Å²) in [7, 11) is 0. The van der Waals surface area contributed by atoms with E-state index in [0.29, 0.717) is 17.0 Å². The standard InChI is InChI=1S/C6H5Cl2N3/c7-4-1-3-5(6(8)11-4)10-2-9-3/h1,10-11H,2H2. The van der Waals surface area contributed by atoms with Gasteiger partial charge in [0, 0.05) is 6.08 Å². The van der Waals surface area contributed by atoms with Crippen LogP contribution in [0.15, 0.2) is 27.1 Å². The van der Waals surface area contributed by atoms with Crippen LogP contribution in [0.3, 0.4) is 0 Å². The van der Waals surface area contributed by atoms with Crippen molar-refractivity contribution in [3.8, 4) is 0 Å². The van der Waals surface area contributed by atoms with Gasteiger partial charge in [-0.25, -0.2) is 0 Å². The van der Waals surface area contributed by atoms with Crippen LogP contribution in [0.1, 0.15) is 0 Å². The maximum absolute atomic E-state index is 5.81. The molecule has 0 aromatic heterocycles. The number of nitrogens with one attached hydrogen (secondary N) is 2. The molecule has 0 fully saturated rings. The highest BCUT2D eigenvalue weighted by Crippen LogP contribution is 2.19. The summed E-state index contributed by atoms with van der Waals surface area (Å²) in [6.07, 6.45) is 1.74. The summed E-state index contributed by atoms with van der Waals surface area (Å²) in [6, 6.07) is 0. The van der Waals surface area contributed by atoms with Crippen LogP contribution in [-0.4, -0.2) is 12.4 Å². The van der Waals surface area contributed by atoms with Gasteiger partial charge < -0.3 is 10.6 Å². The number of rotatable bonds is 0. The van der Waals surface area contributed by atoms with E-state index in [1.54, 1.807) is 6.08 Å². The fourth-order valence-electron chi connectivity index (χ4n) is 1.00. The molecule has 2 rings (SSSR count). The molecule has 0 spiro atoms. The smallest absolute Gasteiger partial charge is 0.133 e. The minimum Gasteiger partial charge on any atom is -0.362 e. The van der Waals surface area contributed by atoms with Crippen LogP contribution < -0.4 is 10.6 Å². The van der Waals surface area contributed by atoms with Gasteiger partial charge in [-0.05, 0) is 0 Å². The predicted octanol–water partition coefficient (Wildman–Crippen LogP) is 1.08. The molecule has 0 aromatic carbocycles. The number of dihydropyridines is 1. The third-order valence-electron chi connectivity index (χ3n) is 1.47. The first-order chi connectivity index (χ1) is 5.27. The molecular formula is C6H5Cl2N3. The van der Waals surface area contributed by atoms with Crippen LogP contribution in [0.2, 0.25) is 0 Å². The molecule has 2 heterocycles. The number of nitrogens with zero attached hydrogens (tertiary/aromatic N) is 1. The minimum atomic E-state index is 0.501. The monoisotopic (exact) mass is 189 g/mol. The SMILES string of the molecule is ClC1=CC2=NCNC2=C(Cl)N1. The summed E-state index contributed by atoms with van der Waals surface area (Å²) in [5, 5.41) is 6.80. The van der Waals surface area contributed by atoms with Crippen molar-refractivity contribution >= 4 is 28.9 Å². The number of hydrogen-bond acceptors (Lipinski definition) is 3. The van der Waals surface area contributed by atoms with Crippen molar-refractivity contribution in [1.29, 1.82) is 0 Å². The highest BCUT2D eigenvalue weighted by atomic mass is 35.5. The maximum atomic E-state index is 5.81. The Kier molecular flexibility index (Phi) is 1.55. The van der Waals surface area contributed by atoms with Crippen LogP contribution in [-0.2, 0) is 0 Å². The number of hydrogen-bond donors (Lipinski definition) is 2. The van der Waals surface area contributed by atoms with E-state index in [1.165, 1.54) is 0 Å². The Bertz CT molecular complexity index is 290. The summed E-state index contributed by atoms with van der Waals surface area (Å²) >= 11 is 11.5. The van der Waals surface area contributed by atoms with Crippen LogP contribution in [0.4, 0.5) is 0 Å². The second-order valence-corrected chi connectivity index (χ2v) is 2.97. The number of allylic oxidation sites excluding steroid dienone is 1. The van der Waals surface area contributed by atoms with Crippen molar-refractivity contribution < 1.29 is 0 Å². The van der Waals surface area contributed by atoms with E-state index < -0.39 is 0 Å². The Morgan fingerprint density at radius 3 is 3.09 bits per heavy atom. The lowest BCUT2D eigenvalue weighted by molar-refractivity contribution is 0.892. The Morgan fingerprint density at radius 1 is 1.45 bits per heavy atom. The molecule has 58 valence electrons. The lowest BCUT2D eigenvalue weighted by atomic mass is 10.2. The second kappa shape index (κ2) is 2.43. The third kappa shape index (κ3) is 1.10. The number of aliphatic imine (C=N–C) groups is 1. The molecule has 11 heavy (non-hydrogen) atoms. The first-order valence-electron chi connectivity index (χ1n) is 3.10. The van der Waals surface area contributed by atoms with E-state index in [1.807, 2.05) is 0 Å². The van der Waals surface area contributed by atoms with E-state index in [0.717, 1.165) is 11.4 Å². The van der Waals surface area contributed by atoms with Crippen LogP contribution in [0.25, 0.3) is 0 Å². The molecule has 5 heteroatoms. The van der Waals surface area contributed by atoms with Gasteiger partial charge in [-0.15, -0.1) is 0 Å². The molecule has 0 aliphatic carbocycles. The molecule has 0 atom stereocenters. The lowest BCUT2D eigenvalue weighted by Gasteiger charge is -2.12. The van der Waals surface area contributed by atoms with Gasteiger partial charge in [0.1, 0.15) is 17.0 Å². The number of fused-ring (bicyclic) bond motifs is 1. The highest BCUT2D eigenvalue weighted by Gasteiger charge is 2.19. The van der Waals surface area contributed by atoms with Gasteiger partial charge in [0.05, 0.1) is 11.4 Å². The molecule has 0 amide bonds.